The summed E-state index contributed by atoms with van der Waals surface area (Å²) in [5.74, 6) is 0. The van der Waals surface area contributed by atoms with Crippen LogP contribution in [0.4, 0.5) is 5.69 Å². The highest BCUT2D eigenvalue weighted by Crippen LogP contribution is 2.27. The van der Waals surface area contributed by atoms with E-state index in [1.54, 1.807) is 11.9 Å². The van der Waals surface area contributed by atoms with Crippen LogP contribution in [0.5, 0.6) is 0 Å². The topological polar surface area (TPSA) is 12.0 Å². The Bertz CT molecular complexity index is 169. The third-order valence-electron chi connectivity index (χ3n) is 1.14. The summed E-state index contributed by atoms with van der Waals surface area (Å²) in [6, 6.07) is 8.37. The van der Waals surface area contributed by atoms with Gasteiger partial charge in [0.15, 0.2) is 0 Å². The van der Waals surface area contributed by atoms with Gasteiger partial charge in [-0.15, -0.1) is 0 Å². The SMILES string of the molecule is c1cc2ccc1NS2. The average Bonchev–Trinajstić information content (AvgIpc) is 1.92. The van der Waals surface area contributed by atoms with Crippen LogP contribution in [0, 0.1) is 0 Å². The van der Waals surface area contributed by atoms with E-state index < -0.39 is 0 Å². The van der Waals surface area contributed by atoms with Gasteiger partial charge < -0.3 is 4.72 Å². The molecule has 1 aromatic carbocycles. The summed E-state index contributed by atoms with van der Waals surface area (Å²) in [5.41, 5.74) is 1.20. The standard InChI is InChI=1S/C6H5NS/c1-3-6-4-2-5(1)7-8-6/h1-4,7H. The van der Waals surface area contributed by atoms with E-state index in [1.165, 1.54) is 10.6 Å². The van der Waals surface area contributed by atoms with Crippen LogP contribution >= 0.6 is 11.9 Å². The maximum atomic E-state index is 3.14. The molecule has 2 bridgehead atoms. The monoisotopic (exact) mass is 123 g/mol. The second-order valence-corrected chi connectivity index (χ2v) is 2.61. The first-order valence-corrected chi connectivity index (χ1v) is 3.30. The lowest BCUT2D eigenvalue weighted by Crippen LogP contribution is -1.91. The molecule has 2 aliphatic rings. The highest BCUT2D eigenvalue weighted by Gasteiger charge is 2.00. The van der Waals surface area contributed by atoms with Gasteiger partial charge in [0.2, 0.25) is 0 Å². The number of benzene rings is 1. The highest BCUT2D eigenvalue weighted by molar-refractivity contribution is 8.00. The first kappa shape index (κ1) is 4.27. The Morgan fingerprint density at radius 2 is 1.88 bits per heavy atom. The van der Waals surface area contributed by atoms with E-state index in [1.807, 2.05) is 0 Å². The Hall–Kier alpha value is -0.630. The second kappa shape index (κ2) is 1.42. The molecule has 0 saturated heterocycles. The summed E-state index contributed by atoms with van der Waals surface area (Å²) >= 11 is 1.67. The van der Waals surface area contributed by atoms with Crippen molar-refractivity contribution in [2.24, 2.45) is 0 Å². The van der Waals surface area contributed by atoms with Crippen molar-refractivity contribution < 1.29 is 0 Å². The number of hydrogen-bond acceptors (Lipinski definition) is 2. The first-order valence-electron chi connectivity index (χ1n) is 2.48. The zero-order valence-electron chi connectivity index (χ0n) is 4.22. The van der Waals surface area contributed by atoms with Crippen molar-refractivity contribution in [2.45, 2.75) is 4.90 Å². The van der Waals surface area contributed by atoms with Crippen LogP contribution in [0.3, 0.4) is 0 Å². The predicted molar refractivity (Wildman–Crippen MR) is 35.9 cm³/mol. The summed E-state index contributed by atoms with van der Waals surface area (Å²) in [7, 11) is 0. The van der Waals surface area contributed by atoms with E-state index in [-0.39, 0.29) is 0 Å². The van der Waals surface area contributed by atoms with Gasteiger partial charge in [0.25, 0.3) is 0 Å². The molecule has 0 aliphatic carbocycles. The molecule has 0 unspecified atom stereocenters. The minimum Gasteiger partial charge on any atom is -0.326 e. The van der Waals surface area contributed by atoms with Gasteiger partial charge in [0.05, 0.1) is 0 Å². The van der Waals surface area contributed by atoms with Gasteiger partial charge in [-0.25, -0.2) is 0 Å². The molecule has 1 aromatic rings. The number of nitrogens with one attached hydrogen (secondary N) is 1. The van der Waals surface area contributed by atoms with Gasteiger partial charge in [-0.1, -0.05) is 0 Å². The number of rotatable bonds is 0. The molecule has 0 fully saturated rings. The van der Waals surface area contributed by atoms with Crippen LogP contribution in [0.1, 0.15) is 0 Å². The number of anilines is 1. The normalized spacial score (nSPS) is 13.5. The molecule has 40 valence electrons. The first-order chi connectivity index (χ1) is 3.95. The van der Waals surface area contributed by atoms with Crippen molar-refractivity contribution in [3.8, 4) is 0 Å². The fraction of sp³-hybridized carbons (Fsp3) is 0. The Balaban J connectivity index is 2.69. The van der Waals surface area contributed by atoms with Crippen LogP contribution in [0.15, 0.2) is 29.2 Å². The van der Waals surface area contributed by atoms with Crippen molar-refractivity contribution in [1.82, 2.24) is 0 Å². The lowest BCUT2D eigenvalue weighted by atomic mass is 10.3. The Morgan fingerprint density at radius 1 is 1.12 bits per heavy atom. The zero-order chi connectivity index (χ0) is 5.40. The smallest absolute Gasteiger partial charge is 0.0443 e. The van der Waals surface area contributed by atoms with E-state index in [0.717, 1.165) is 0 Å². The molecule has 2 aliphatic heterocycles. The second-order valence-electron chi connectivity index (χ2n) is 1.73. The lowest BCUT2D eigenvalue weighted by Gasteiger charge is -2.11. The molecule has 1 nitrogen and oxygen atoms in total. The lowest BCUT2D eigenvalue weighted by molar-refractivity contribution is 1.43. The summed E-state index contributed by atoms with van der Waals surface area (Å²) < 4.78 is 3.14. The molecule has 2 heteroatoms. The molecule has 0 aromatic heterocycles. The molecular formula is C6H5NS. The van der Waals surface area contributed by atoms with E-state index in [0.29, 0.717) is 0 Å². The minimum atomic E-state index is 1.20. The molecule has 0 atom stereocenters. The van der Waals surface area contributed by atoms with Crippen LogP contribution in [-0.4, -0.2) is 0 Å². The van der Waals surface area contributed by atoms with Crippen LogP contribution in [-0.2, 0) is 0 Å². The molecule has 0 amide bonds. The molecule has 0 radical (unpaired) electrons. The van der Waals surface area contributed by atoms with Crippen molar-refractivity contribution >= 4 is 17.6 Å². The summed E-state index contributed by atoms with van der Waals surface area (Å²) in [4.78, 5) is 1.29. The quantitative estimate of drug-likeness (QED) is 0.530. The molecule has 0 spiro atoms. The molecule has 3 rings (SSSR count). The van der Waals surface area contributed by atoms with E-state index in [4.69, 9.17) is 0 Å². The van der Waals surface area contributed by atoms with Crippen molar-refractivity contribution in [2.75, 3.05) is 4.72 Å². The van der Waals surface area contributed by atoms with Crippen molar-refractivity contribution in [3.63, 3.8) is 0 Å². The van der Waals surface area contributed by atoms with Crippen LogP contribution < -0.4 is 4.72 Å². The van der Waals surface area contributed by atoms with Crippen LogP contribution in [0.25, 0.3) is 0 Å². The number of fused-ring (bicyclic) bond motifs is 3. The highest BCUT2D eigenvalue weighted by atomic mass is 32.2. The summed E-state index contributed by atoms with van der Waals surface area (Å²) in [6.45, 7) is 0. The molecular weight excluding hydrogens is 118 g/mol. The van der Waals surface area contributed by atoms with Crippen LogP contribution in [0.2, 0.25) is 0 Å². The average molecular weight is 123 g/mol. The Morgan fingerprint density at radius 3 is 2.00 bits per heavy atom. The van der Waals surface area contributed by atoms with Gasteiger partial charge in [0.1, 0.15) is 0 Å². The Kier molecular flexibility index (Phi) is 0.758. The van der Waals surface area contributed by atoms with Crippen molar-refractivity contribution in [1.29, 1.82) is 0 Å². The molecule has 1 N–H and O–H groups in total. The number of hydrogen-bond donors (Lipinski definition) is 1. The third kappa shape index (κ3) is 0.497. The van der Waals surface area contributed by atoms with Gasteiger partial charge in [-0.05, 0) is 36.2 Å². The fourth-order valence-electron chi connectivity index (χ4n) is 0.709. The van der Waals surface area contributed by atoms with Gasteiger partial charge in [-0.3, -0.25) is 0 Å². The molecule has 8 heavy (non-hydrogen) atoms. The summed E-state index contributed by atoms with van der Waals surface area (Å²) in [6.07, 6.45) is 0. The van der Waals surface area contributed by atoms with Gasteiger partial charge in [0, 0.05) is 10.6 Å². The van der Waals surface area contributed by atoms with E-state index in [2.05, 4.69) is 29.0 Å². The maximum absolute atomic E-state index is 3.14. The molecule has 2 heterocycles. The van der Waals surface area contributed by atoms with E-state index >= 15 is 0 Å². The minimum absolute atomic E-state index is 1.20. The van der Waals surface area contributed by atoms with Gasteiger partial charge in [-0.2, -0.15) is 0 Å². The van der Waals surface area contributed by atoms with Gasteiger partial charge >= 0.3 is 0 Å². The maximum Gasteiger partial charge on any atom is 0.0443 e. The predicted octanol–water partition coefficient (Wildman–Crippen LogP) is 2.12. The summed E-state index contributed by atoms with van der Waals surface area (Å²) in [5, 5.41) is 0. The third-order valence-corrected chi connectivity index (χ3v) is 1.99. The fourth-order valence-corrected chi connectivity index (χ4v) is 1.35. The molecule has 0 saturated carbocycles. The van der Waals surface area contributed by atoms with E-state index in [9.17, 15) is 0 Å². The van der Waals surface area contributed by atoms with Crippen molar-refractivity contribution in [3.05, 3.63) is 24.3 Å². The largest absolute Gasteiger partial charge is 0.326 e. The Labute approximate surface area is 52.2 Å². The zero-order valence-corrected chi connectivity index (χ0v) is 5.03.